The monoisotopic (exact) mass is 192 g/mol. The number of hydrogen-bond acceptors (Lipinski definition) is 1. The number of amides is 1. The Kier molecular flexibility index (Phi) is 2.84. The lowest BCUT2D eigenvalue weighted by Crippen LogP contribution is -2.39. The summed E-state index contributed by atoms with van der Waals surface area (Å²) < 4.78 is 0. The molecule has 1 radical (unpaired) electrons. The third-order valence-corrected chi connectivity index (χ3v) is 3.23. The number of allylic oxidation sites excluding steroid dienone is 3. The number of rotatable bonds is 0. The van der Waals surface area contributed by atoms with Gasteiger partial charge in [-0.3, -0.25) is 4.79 Å². The van der Waals surface area contributed by atoms with E-state index in [1.807, 2.05) is 13.8 Å². The van der Waals surface area contributed by atoms with Crippen molar-refractivity contribution >= 4 is 5.91 Å². The zero-order chi connectivity index (χ0) is 11.0. The van der Waals surface area contributed by atoms with E-state index in [0.29, 0.717) is 0 Å². The second-order valence-electron chi connectivity index (χ2n) is 3.94. The summed E-state index contributed by atoms with van der Waals surface area (Å²) in [6, 6.07) is 0.142. The normalized spacial score (nSPS) is 23.3. The van der Waals surface area contributed by atoms with Crippen molar-refractivity contribution in [3.8, 4) is 0 Å². The van der Waals surface area contributed by atoms with E-state index in [0.717, 1.165) is 11.3 Å². The van der Waals surface area contributed by atoms with Gasteiger partial charge in [-0.2, -0.15) is 0 Å². The minimum absolute atomic E-state index is 0.0636. The van der Waals surface area contributed by atoms with E-state index in [2.05, 4.69) is 20.8 Å². The molecule has 0 fully saturated rings. The Labute approximate surface area is 86.3 Å². The van der Waals surface area contributed by atoms with Crippen LogP contribution in [0.15, 0.2) is 22.4 Å². The van der Waals surface area contributed by atoms with Gasteiger partial charge < -0.3 is 4.90 Å². The van der Waals surface area contributed by atoms with Gasteiger partial charge in [-0.05, 0) is 51.3 Å². The Morgan fingerprint density at radius 2 is 1.79 bits per heavy atom. The van der Waals surface area contributed by atoms with Gasteiger partial charge in [0.05, 0.1) is 6.04 Å². The average Bonchev–Trinajstić information content (AvgIpc) is 2.11. The fourth-order valence-electron chi connectivity index (χ4n) is 1.90. The van der Waals surface area contributed by atoms with Crippen molar-refractivity contribution in [3.05, 3.63) is 29.3 Å². The van der Waals surface area contributed by atoms with Gasteiger partial charge in [0.2, 0.25) is 5.91 Å². The SMILES string of the molecule is [CH2]C1=C(C)C(C)=C(C)C(C)N1C(C)=O. The highest BCUT2D eigenvalue weighted by Gasteiger charge is 2.26. The van der Waals surface area contributed by atoms with Crippen LogP contribution in [0.25, 0.3) is 0 Å². The van der Waals surface area contributed by atoms with Crippen LogP contribution in [0, 0.1) is 6.92 Å². The molecule has 1 rings (SSSR count). The molecule has 0 aromatic rings. The van der Waals surface area contributed by atoms with Crippen LogP contribution in [0.5, 0.6) is 0 Å². The lowest BCUT2D eigenvalue weighted by atomic mass is 9.92. The maximum Gasteiger partial charge on any atom is 0.224 e. The van der Waals surface area contributed by atoms with E-state index in [4.69, 9.17) is 0 Å². The van der Waals surface area contributed by atoms with Crippen molar-refractivity contribution in [1.82, 2.24) is 4.90 Å². The Hall–Kier alpha value is -1.05. The third-order valence-electron chi connectivity index (χ3n) is 3.23. The van der Waals surface area contributed by atoms with E-state index in [1.54, 1.807) is 11.8 Å². The maximum atomic E-state index is 11.4. The molecule has 0 spiro atoms. The highest BCUT2D eigenvalue weighted by Crippen LogP contribution is 2.30. The van der Waals surface area contributed by atoms with Crippen molar-refractivity contribution in [1.29, 1.82) is 0 Å². The molecule has 0 bridgehead atoms. The summed E-state index contributed by atoms with van der Waals surface area (Å²) in [4.78, 5) is 13.2. The van der Waals surface area contributed by atoms with Gasteiger partial charge in [0, 0.05) is 12.6 Å². The highest BCUT2D eigenvalue weighted by molar-refractivity contribution is 5.77. The maximum absolute atomic E-state index is 11.4. The van der Waals surface area contributed by atoms with Crippen LogP contribution in [0.1, 0.15) is 34.6 Å². The van der Waals surface area contributed by atoms with Gasteiger partial charge in [0.1, 0.15) is 0 Å². The van der Waals surface area contributed by atoms with E-state index in [9.17, 15) is 4.79 Å². The van der Waals surface area contributed by atoms with Gasteiger partial charge in [0.25, 0.3) is 0 Å². The van der Waals surface area contributed by atoms with E-state index in [1.165, 1.54) is 11.1 Å². The largest absolute Gasteiger partial charge is 0.309 e. The summed E-state index contributed by atoms with van der Waals surface area (Å²) in [7, 11) is 0. The molecular formula is C12H18NO. The van der Waals surface area contributed by atoms with Crippen LogP contribution in [0.4, 0.5) is 0 Å². The number of carbonyl (C=O) groups excluding carboxylic acids is 1. The molecule has 0 saturated heterocycles. The Morgan fingerprint density at radius 1 is 1.29 bits per heavy atom. The number of carbonyl (C=O) groups is 1. The highest BCUT2D eigenvalue weighted by atomic mass is 16.2. The minimum Gasteiger partial charge on any atom is -0.309 e. The molecule has 0 aromatic heterocycles. The van der Waals surface area contributed by atoms with Crippen LogP contribution in [0.3, 0.4) is 0 Å². The first-order valence-electron chi connectivity index (χ1n) is 4.88. The van der Waals surface area contributed by atoms with Gasteiger partial charge in [0.15, 0.2) is 0 Å². The zero-order valence-electron chi connectivity index (χ0n) is 9.64. The molecule has 0 N–H and O–H groups in total. The van der Waals surface area contributed by atoms with Crippen LogP contribution in [-0.2, 0) is 4.79 Å². The van der Waals surface area contributed by atoms with E-state index < -0.39 is 0 Å². The van der Waals surface area contributed by atoms with Crippen molar-refractivity contribution in [3.63, 3.8) is 0 Å². The molecule has 0 aromatic carbocycles. The lowest BCUT2D eigenvalue weighted by Gasteiger charge is -2.36. The van der Waals surface area contributed by atoms with Gasteiger partial charge >= 0.3 is 0 Å². The summed E-state index contributed by atoms with van der Waals surface area (Å²) in [6.45, 7) is 13.8. The molecule has 1 aliphatic rings. The van der Waals surface area contributed by atoms with Gasteiger partial charge in [-0.1, -0.05) is 0 Å². The van der Waals surface area contributed by atoms with Crippen molar-refractivity contribution < 1.29 is 4.79 Å². The molecule has 1 heterocycles. The zero-order valence-corrected chi connectivity index (χ0v) is 9.64. The summed E-state index contributed by atoms with van der Waals surface area (Å²) in [5.41, 5.74) is 4.48. The molecule has 0 aliphatic carbocycles. The van der Waals surface area contributed by atoms with Crippen LogP contribution in [0.2, 0.25) is 0 Å². The predicted molar refractivity (Wildman–Crippen MR) is 58.4 cm³/mol. The second-order valence-corrected chi connectivity index (χ2v) is 3.94. The lowest BCUT2D eigenvalue weighted by molar-refractivity contribution is -0.128. The van der Waals surface area contributed by atoms with Crippen molar-refractivity contribution in [2.45, 2.75) is 40.7 Å². The molecule has 1 atom stereocenters. The van der Waals surface area contributed by atoms with Crippen LogP contribution < -0.4 is 0 Å². The summed E-state index contributed by atoms with van der Waals surface area (Å²) in [6.07, 6.45) is 0. The Bertz CT molecular complexity index is 336. The minimum atomic E-state index is 0.0636. The molecule has 1 unspecified atom stereocenters. The molecule has 1 aliphatic heterocycles. The average molecular weight is 192 g/mol. The predicted octanol–water partition coefficient (Wildman–Crippen LogP) is 2.68. The first-order valence-corrected chi connectivity index (χ1v) is 4.88. The Balaban J connectivity index is 3.25. The quantitative estimate of drug-likeness (QED) is 0.578. The molecule has 2 heteroatoms. The standard InChI is InChI=1S/C12H18NO/c1-7-8(2)10(4)13(12(6)14)11(5)9(7)3/h11H,4H2,1-3,5-6H3. The number of hydrogen-bond donors (Lipinski definition) is 0. The molecular weight excluding hydrogens is 174 g/mol. The van der Waals surface area contributed by atoms with Crippen LogP contribution in [-0.4, -0.2) is 16.8 Å². The molecule has 77 valence electrons. The first kappa shape index (κ1) is 11.0. The van der Waals surface area contributed by atoms with Gasteiger partial charge in [-0.25, -0.2) is 0 Å². The van der Waals surface area contributed by atoms with E-state index >= 15 is 0 Å². The summed E-state index contributed by atoms with van der Waals surface area (Å²) in [5, 5.41) is 0. The molecule has 14 heavy (non-hydrogen) atoms. The first-order chi connectivity index (χ1) is 6.37. The Morgan fingerprint density at radius 3 is 2.21 bits per heavy atom. The van der Waals surface area contributed by atoms with Gasteiger partial charge in [-0.15, -0.1) is 0 Å². The number of nitrogens with zero attached hydrogens (tertiary/aromatic N) is 1. The fraction of sp³-hybridized carbons (Fsp3) is 0.500. The fourth-order valence-corrected chi connectivity index (χ4v) is 1.90. The smallest absolute Gasteiger partial charge is 0.224 e. The second kappa shape index (κ2) is 3.60. The topological polar surface area (TPSA) is 20.3 Å². The van der Waals surface area contributed by atoms with E-state index in [-0.39, 0.29) is 11.9 Å². The van der Waals surface area contributed by atoms with Crippen molar-refractivity contribution in [2.24, 2.45) is 0 Å². The summed E-state index contributed by atoms with van der Waals surface area (Å²) >= 11 is 0. The third kappa shape index (κ3) is 1.49. The molecule has 1 amide bonds. The van der Waals surface area contributed by atoms with Crippen molar-refractivity contribution in [2.75, 3.05) is 0 Å². The molecule has 2 nitrogen and oxygen atoms in total. The summed E-state index contributed by atoms with van der Waals surface area (Å²) in [5.74, 6) is 0.0636. The molecule has 0 saturated carbocycles. The van der Waals surface area contributed by atoms with Crippen LogP contribution >= 0.6 is 0 Å².